The van der Waals surface area contributed by atoms with Crippen LogP contribution in [0.2, 0.25) is 5.02 Å². The Morgan fingerprint density at radius 1 is 1.56 bits per heavy atom. The van der Waals surface area contributed by atoms with Crippen LogP contribution >= 0.6 is 11.6 Å². The van der Waals surface area contributed by atoms with E-state index in [2.05, 4.69) is 0 Å². The minimum Gasteiger partial charge on any atom is -0.477 e. The van der Waals surface area contributed by atoms with Gasteiger partial charge in [-0.05, 0) is 13.0 Å². The number of carbonyl (C=O) groups excluding carboxylic acids is 1. The number of ether oxygens (including phenoxy) is 2. The van der Waals surface area contributed by atoms with Crippen molar-refractivity contribution < 1.29 is 19.2 Å². The molecule has 0 amide bonds. The molecule has 7 heteroatoms. The molecule has 0 saturated carbocycles. The second-order valence-electron chi connectivity index (χ2n) is 3.96. The lowest BCUT2D eigenvalue weighted by atomic mass is 10.2. The molecule has 1 aromatic rings. The standard InChI is InChI=1S/C11H10ClNO5/c1-6-4-10(11(14)17-6)18-9-3-2-7(13(15)16)5-8(9)12/h2-3,5-6,10H,4H2,1H3/t6-,10-/m1/s1. The molecule has 1 aromatic carbocycles. The quantitative estimate of drug-likeness (QED) is 0.479. The second-order valence-corrected chi connectivity index (χ2v) is 4.37. The third-order valence-electron chi connectivity index (χ3n) is 2.52. The Balaban J connectivity index is 2.15. The lowest BCUT2D eigenvalue weighted by Gasteiger charge is -2.10. The molecule has 1 aliphatic rings. The van der Waals surface area contributed by atoms with E-state index in [4.69, 9.17) is 21.1 Å². The van der Waals surface area contributed by atoms with Gasteiger partial charge in [0.15, 0.2) is 6.10 Å². The van der Waals surface area contributed by atoms with Gasteiger partial charge in [0.1, 0.15) is 11.9 Å². The molecule has 0 aliphatic carbocycles. The molecule has 1 heterocycles. The molecule has 2 rings (SSSR count). The molecule has 6 nitrogen and oxygen atoms in total. The molecular weight excluding hydrogens is 262 g/mol. The highest BCUT2D eigenvalue weighted by Crippen LogP contribution is 2.31. The van der Waals surface area contributed by atoms with Crippen molar-refractivity contribution >= 4 is 23.3 Å². The Morgan fingerprint density at radius 3 is 2.78 bits per heavy atom. The maximum absolute atomic E-state index is 11.4. The fourth-order valence-corrected chi connectivity index (χ4v) is 1.89. The smallest absolute Gasteiger partial charge is 0.347 e. The molecule has 0 N–H and O–H groups in total. The summed E-state index contributed by atoms with van der Waals surface area (Å²) >= 11 is 5.85. The lowest BCUT2D eigenvalue weighted by Crippen LogP contribution is -2.21. The molecule has 96 valence electrons. The number of hydrogen-bond acceptors (Lipinski definition) is 5. The van der Waals surface area contributed by atoms with E-state index in [1.165, 1.54) is 18.2 Å². The summed E-state index contributed by atoms with van der Waals surface area (Å²) in [6.45, 7) is 1.76. The molecule has 0 bridgehead atoms. The summed E-state index contributed by atoms with van der Waals surface area (Å²) in [7, 11) is 0. The molecule has 1 fully saturated rings. The van der Waals surface area contributed by atoms with Crippen molar-refractivity contribution in [3.05, 3.63) is 33.3 Å². The van der Waals surface area contributed by atoms with Crippen LogP contribution in [-0.2, 0) is 9.53 Å². The molecular formula is C11H10ClNO5. The zero-order valence-corrected chi connectivity index (χ0v) is 10.2. The van der Waals surface area contributed by atoms with Gasteiger partial charge in [-0.3, -0.25) is 10.1 Å². The van der Waals surface area contributed by atoms with Gasteiger partial charge in [0.2, 0.25) is 0 Å². The van der Waals surface area contributed by atoms with E-state index < -0.39 is 17.0 Å². The number of non-ortho nitro benzene ring substituents is 1. The molecule has 18 heavy (non-hydrogen) atoms. The van der Waals surface area contributed by atoms with Crippen LogP contribution in [0.25, 0.3) is 0 Å². The molecule has 1 aliphatic heterocycles. The summed E-state index contributed by atoms with van der Waals surface area (Å²) < 4.78 is 10.3. The first kappa shape index (κ1) is 12.6. The maximum atomic E-state index is 11.4. The highest BCUT2D eigenvalue weighted by Gasteiger charge is 2.34. The Labute approximate surface area is 108 Å². The van der Waals surface area contributed by atoms with Crippen molar-refractivity contribution in [2.24, 2.45) is 0 Å². The average molecular weight is 272 g/mol. The van der Waals surface area contributed by atoms with Crippen molar-refractivity contribution in [2.45, 2.75) is 25.6 Å². The zero-order valence-electron chi connectivity index (χ0n) is 9.46. The number of carbonyl (C=O) groups is 1. The first-order valence-corrected chi connectivity index (χ1v) is 5.66. The number of nitro groups is 1. The van der Waals surface area contributed by atoms with Gasteiger partial charge in [-0.15, -0.1) is 0 Å². The van der Waals surface area contributed by atoms with Crippen LogP contribution in [0.5, 0.6) is 5.75 Å². The highest BCUT2D eigenvalue weighted by molar-refractivity contribution is 6.32. The van der Waals surface area contributed by atoms with Gasteiger partial charge in [-0.25, -0.2) is 4.79 Å². The molecule has 0 unspecified atom stereocenters. The topological polar surface area (TPSA) is 78.7 Å². The minimum atomic E-state index is -0.709. The van der Waals surface area contributed by atoms with Gasteiger partial charge in [0, 0.05) is 18.6 Å². The molecule has 1 saturated heterocycles. The SMILES string of the molecule is C[C@@H]1C[C@@H](Oc2ccc([N+](=O)[O-])cc2Cl)C(=O)O1. The van der Waals surface area contributed by atoms with E-state index in [1.54, 1.807) is 6.92 Å². The van der Waals surface area contributed by atoms with E-state index in [0.29, 0.717) is 6.42 Å². The first-order valence-electron chi connectivity index (χ1n) is 5.28. The van der Waals surface area contributed by atoms with E-state index >= 15 is 0 Å². The number of rotatable bonds is 3. The van der Waals surface area contributed by atoms with Crippen molar-refractivity contribution in [1.29, 1.82) is 0 Å². The van der Waals surface area contributed by atoms with E-state index in [0.717, 1.165) is 0 Å². The number of benzene rings is 1. The minimum absolute atomic E-state index is 0.0940. The fraction of sp³-hybridized carbons (Fsp3) is 0.364. The molecule has 0 radical (unpaired) electrons. The number of esters is 1. The van der Waals surface area contributed by atoms with E-state index in [-0.39, 0.29) is 22.6 Å². The summed E-state index contributed by atoms with van der Waals surface area (Å²) in [6.07, 6.45) is -0.468. The number of nitro benzene ring substituents is 1. The number of halogens is 1. The van der Waals surface area contributed by atoms with Gasteiger partial charge >= 0.3 is 5.97 Å². The highest BCUT2D eigenvalue weighted by atomic mass is 35.5. The van der Waals surface area contributed by atoms with Crippen molar-refractivity contribution in [3.63, 3.8) is 0 Å². The lowest BCUT2D eigenvalue weighted by molar-refractivity contribution is -0.384. The van der Waals surface area contributed by atoms with E-state index in [1.807, 2.05) is 0 Å². The van der Waals surface area contributed by atoms with Gasteiger partial charge in [-0.2, -0.15) is 0 Å². The van der Waals surface area contributed by atoms with Crippen molar-refractivity contribution in [3.8, 4) is 5.75 Å². The Hall–Kier alpha value is -1.82. The fourth-order valence-electron chi connectivity index (χ4n) is 1.67. The summed E-state index contributed by atoms with van der Waals surface area (Å²) in [5.41, 5.74) is -0.130. The van der Waals surface area contributed by atoms with Crippen LogP contribution in [0.3, 0.4) is 0 Å². The molecule has 2 atom stereocenters. The van der Waals surface area contributed by atoms with Crippen LogP contribution in [0.4, 0.5) is 5.69 Å². The zero-order chi connectivity index (χ0) is 13.3. The predicted octanol–water partition coefficient (Wildman–Crippen LogP) is 2.33. The third kappa shape index (κ3) is 2.53. The Bertz CT molecular complexity index is 504. The normalized spacial score (nSPS) is 22.7. The summed E-state index contributed by atoms with van der Waals surface area (Å²) in [5, 5.41) is 10.6. The second kappa shape index (κ2) is 4.81. The molecule has 0 aromatic heterocycles. The maximum Gasteiger partial charge on any atom is 0.347 e. The number of nitrogens with zero attached hydrogens (tertiary/aromatic N) is 1. The number of cyclic esters (lactones) is 1. The third-order valence-corrected chi connectivity index (χ3v) is 2.82. The van der Waals surface area contributed by atoms with Crippen LogP contribution in [0, 0.1) is 10.1 Å². The Kier molecular flexibility index (Phi) is 3.38. The van der Waals surface area contributed by atoms with Crippen LogP contribution in [0.15, 0.2) is 18.2 Å². The average Bonchev–Trinajstić information content (AvgIpc) is 2.60. The van der Waals surface area contributed by atoms with E-state index in [9.17, 15) is 14.9 Å². The summed E-state index contributed by atoms with van der Waals surface area (Å²) in [6, 6.07) is 3.82. The first-order chi connectivity index (χ1) is 8.47. The van der Waals surface area contributed by atoms with Crippen LogP contribution in [0.1, 0.15) is 13.3 Å². The van der Waals surface area contributed by atoms with Gasteiger partial charge < -0.3 is 9.47 Å². The van der Waals surface area contributed by atoms with Crippen LogP contribution in [-0.4, -0.2) is 23.1 Å². The number of hydrogen-bond donors (Lipinski definition) is 0. The van der Waals surface area contributed by atoms with Crippen molar-refractivity contribution in [2.75, 3.05) is 0 Å². The summed E-state index contributed by atoms with van der Waals surface area (Å²) in [4.78, 5) is 21.4. The monoisotopic (exact) mass is 271 g/mol. The predicted molar refractivity (Wildman–Crippen MR) is 62.7 cm³/mol. The van der Waals surface area contributed by atoms with Gasteiger partial charge in [-0.1, -0.05) is 11.6 Å². The van der Waals surface area contributed by atoms with Crippen molar-refractivity contribution in [1.82, 2.24) is 0 Å². The molecule has 0 spiro atoms. The Morgan fingerprint density at radius 2 is 2.28 bits per heavy atom. The van der Waals surface area contributed by atoms with Gasteiger partial charge in [0.05, 0.1) is 9.95 Å². The van der Waals surface area contributed by atoms with Crippen LogP contribution < -0.4 is 4.74 Å². The van der Waals surface area contributed by atoms with Gasteiger partial charge in [0.25, 0.3) is 5.69 Å². The summed E-state index contributed by atoms with van der Waals surface area (Å²) in [5.74, 6) is -0.213. The largest absolute Gasteiger partial charge is 0.477 e.